The molecule has 25 heavy (non-hydrogen) atoms. The number of furan rings is 1. The van der Waals surface area contributed by atoms with Crippen LogP contribution >= 0.6 is 0 Å². The second kappa shape index (κ2) is 9.27. The molecule has 0 saturated carbocycles. The van der Waals surface area contributed by atoms with Crippen LogP contribution in [0.2, 0.25) is 0 Å². The highest BCUT2D eigenvalue weighted by molar-refractivity contribution is 5.95. The van der Waals surface area contributed by atoms with E-state index in [1.54, 1.807) is 43.3 Å². The summed E-state index contributed by atoms with van der Waals surface area (Å²) in [6.45, 7) is 2.21. The number of benzene rings is 1. The minimum Gasteiger partial charge on any atom is -0.484 e. The molecule has 2 rings (SSSR count). The van der Waals surface area contributed by atoms with Crippen LogP contribution in [0.25, 0.3) is 0 Å². The minimum atomic E-state index is -0.336. The summed E-state index contributed by atoms with van der Waals surface area (Å²) in [5.41, 5.74) is 0.617. The van der Waals surface area contributed by atoms with Gasteiger partial charge in [0.25, 0.3) is 11.8 Å². The van der Waals surface area contributed by atoms with E-state index in [4.69, 9.17) is 9.15 Å². The Hall–Kier alpha value is -3.09. The van der Waals surface area contributed by atoms with Crippen LogP contribution in [0, 0.1) is 0 Å². The number of hydrogen-bond acceptors (Lipinski definition) is 5. The number of carbonyl (C=O) groups excluding carboxylic acids is 3. The number of nitrogens with one attached hydrogen (secondary N) is 2. The van der Waals surface area contributed by atoms with Crippen LogP contribution in [0.3, 0.4) is 0 Å². The zero-order valence-electron chi connectivity index (χ0n) is 13.9. The molecule has 0 spiro atoms. The summed E-state index contributed by atoms with van der Waals surface area (Å²) < 4.78 is 10.3. The predicted molar refractivity (Wildman–Crippen MR) is 90.6 cm³/mol. The molecular weight excluding hydrogens is 324 g/mol. The number of ketones is 1. The van der Waals surface area contributed by atoms with Crippen molar-refractivity contribution < 1.29 is 23.5 Å². The molecule has 0 atom stereocenters. The third-order valence-corrected chi connectivity index (χ3v) is 3.35. The monoisotopic (exact) mass is 344 g/mol. The summed E-state index contributed by atoms with van der Waals surface area (Å²) in [6, 6.07) is 9.83. The van der Waals surface area contributed by atoms with E-state index < -0.39 is 0 Å². The van der Waals surface area contributed by atoms with Crippen molar-refractivity contribution in [3.8, 4) is 5.75 Å². The molecule has 7 heteroatoms. The van der Waals surface area contributed by atoms with E-state index in [0.29, 0.717) is 17.7 Å². The standard InChI is InChI=1S/C18H20N2O5/c1-2-15(21)13-5-7-14(8-6-13)25-12-17(22)19-9-10-20-18(23)16-4-3-11-24-16/h3-8,11H,2,9-10,12H2,1H3,(H,19,22)(H,20,23). The highest BCUT2D eigenvalue weighted by Crippen LogP contribution is 2.13. The molecule has 0 saturated heterocycles. The summed E-state index contributed by atoms with van der Waals surface area (Å²) in [6.07, 6.45) is 1.86. The average Bonchev–Trinajstić information content (AvgIpc) is 3.18. The van der Waals surface area contributed by atoms with Crippen molar-refractivity contribution in [2.24, 2.45) is 0 Å². The van der Waals surface area contributed by atoms with Gasteiger partial charge in [-0.25, -0.2) is 0 Å². The molecule has 0 fully saturated rings. The lowest BCUT2D eigenvalue weighted by molar-refractivity contribution is -0.123. The van der Waals surface area contributed by atoms with Gasteiger partial charge in [0.05, 0.1) is 6.26 Å². The largest absolute Gasteiger partial charge is 0.484 e. The fraction of sp³-hybridized carbons (Fsp3) is 0.278. The lowest BCUT2D eigenvalue weighted by Gasteiger charge is -2.08. The molecular formula is C18H20N2O5. The second-order valence-electron chi connectivity index (χ2n) is 5.17. The van der Waals surface area contributed by atoms with Crippen LogP contribution in [0.5, 0.6) is 5.75 Å². The molecule has 0 radical (unpaired) electrons. The summed E-state index contributed by atoms with van der Waals surface area (Å²) in [5, 5.41) is 5.25. The number of carbonyl (C=O) groups is 3. The first kappa shape index (κ1) is 18.3. The SMILES string of the molecule is CCC(=O)c1ccc(OCC(=O)NCCNC(=O)c2ccco2)cc1. The average molecular weight is 344 g/mol. The van der Waals surface area contributed by atoms with E-state index in [2.05, 4.69) is 10.6 Å². The van der Waals surface area contributed by atoms with Crippen molar-refractivity contribution in [2.45, 2.75) is 13.3 Å². The molecule has 1 heterocycles. The van der Waals surface area contributed by atoms with Gasteiger partial charge in [0.2, 0.25) is 0 Å². The predicted octanol–water partition coefficient (Wildman–Crippen LogP) is 1.80. The first-order chi connectivity index (χ1) is 12.1. The van der Waals surface area contributed by atoms with Crippen LogP contribution < -0.4 is 15.4 Å². The zero-order chi connectivity index (χ0) is 18.1. The van der Waals surface area contributed by atoms with E-state index in [9.17, 15) is 14.4 Å². The van der Waals surface area contributed by atoms with E-state index >= 15 is 0 Å². The van der Waals surface area contributed by atoms with Crippen molar-refractivity contribution in [3.63, 3.8) is 0 Å². The van der Waals surface area contributed by atoms with Gasteiger partial charge >= 0.3 is 0 Å². The fourth-order valence-corrected chi connectivity index (χ4v) is 2.01. The van der Waals surface area contributed by atoms with Crippen LogP contribution in [-0.4, -0.2) is 37.3 Å². The van der Waals surface area contributed by atoms with Gasteiger partial charge < -0.3 is 19.8 Å². The van der Waals surface area contributed by atoms with Crippen LogP contribution in [0.15, 0.2) is 47.1 Å². The lowest BCUT2D eigenvalue weighted by atomic mass is 10.1. The van der Waals surface area contributed by atoms with E-state index in [-0.39, 0.29) is 43.1 Å². The molecule has 7 nitrogen and oxygen atoms in total. The van der Waals surface area contributed by atoms with Crippen LogP contribution in [0.4, 0.5) is 0 Å². The third-order valence-electron chi connectivity index (χ3n) is 3.35. The number of Topliss-reactive ketones (excluding diaryl/α,β-unsaturated/α-hetero) is 1. The van der Waals surface area contributed by atoms with Gasteiger partial charge in [-0.05, 0) is 36.4 Å². The van der Waals surface area contributed by atoms with Gasteiger partial charge in [-0.3, -0.25) is 14.4 Å². The molecule has 0 bridgehead atoms. The number of amides is 2. The van der Waals surface area contributed by atoms with Gasteiger partial charge in [-0.1, -0.05) is 6.92 Å². The molecule has 0 aliphatic carbocycles. The summed E-state index contributed by atoms with van der Waals surface area (Å²) in [5.74, 6) is 0.146. The van der Waals surface area contributed by atoms with Crippen molar-refractivity contribution >= 4 is 17.6 Å². The second-order valence-corrected chi connectivity index (χ2v) is 5.17. The highest BCUT2D eigenvalue weighted by Gasteiger charge is 2.08. The fourth-order valence-electron chi connectivity index (χ4n) is 2.01. The smallest absolute Gasteiger partial charge is 0.287 e. The Morgan fingerprint density at radius 3 is 2.40 bits per heavy atom. The normalized spacial score (nSPS) is 10.1. The van der Waals surface area contributed by atoms with E-state index in [1.165, 1.54) is 6.26 Å². The third kappa shape index (κ3) is 5.80. The maximum absolute atomic E-state index is 11.7. The van der Waals surface area contributed by atoms with Crippen molar-refractivity contribution in [1.29, 1.82) is 0 Å². The van der Waals surface area contributed by atoms with Gasteiger partial charge in [-0.15, -0.1) is 0 Å². The number of ether oxygens (including phenoxy) is 1. The molecule has 0 unspecified atom stereocenters. The number of hydrogen-bond donors (Lipinski definition) is 2. The first-order valence-corrected chi connectivity index (χ1v) is 7.94. The van der Waals surface area contributed by atoms with Crippen LogP contribution in [0.1, 0.15) is 34.3 Å². The van der Waals surface area contributed by atoms with Crippen molar-refractivity contribution in [2.75, 3.05) is 19.7 Å². The van der Waals surface area contributed by atoms with E-state index in [0.717, 1.165) is 0 Å². The number of rotatable bonds is 9. The maximum atomic E-state index is 11.7. The lowest BCUT2D eigenvalue weighted by Crippen LogP contribution is -2.36. The minimum absolute atomic E-state index is 0.0564. The van der Waals surface area contributed by atoms with Gasteiger partial charge in [0, 0.05) is 25.1 Å². The Morgan fingerprint density at radius 1 is 1.04 bits per heavy atom. The quantitative estimate of drug-likeness (QED) is 0.534. The van der Waals surface area contributed by atoms with Gasteiger partial charge in [0.1, 0.15) is 5.75 Å². The summed E-state index contributed by atoms with van der Waals surface area (Å²) in [7, 11) is 0. The Kier molecular flexibility index (Phi) is 6.76. The maximum Gasteiger partial charge on any atom is 0.287 e. The van der Waals surface area contributed by atoms with Crippen molar-refractivity contribution in [3.05, 3.63) is 54.0 Å². The first-order valence-electron chi connectivity index (χ1n) is 7.94. The van der Waals surface area contributed by atoms with Gasteiger partial charge in [0.15, 0.2) is 18.2 Å². The summed E-state index contributed by atoms with van der Waals surface area (Å²) in [4.78, 5) is 34.8. The summed E-state index contributed by atoms with van der Waals surface area (Å²) >= 11 is 0. The van der Waals surface area contributed by atoms with Gasteiger partial charge in [-0.2, -0.15) is 0 Å². The molecule has 0 aliphatic rings. The molecule has 2 aromatic rings. The Labute approximate surface area is 145 Å². The van der Waals surface area contributed by atoms with Crippen molar-refractivity contribution in [1.82, 2.24) is 10.6 Å². The Balaban J connectivity index is 1.63. The highest BCUT2D eigenvalue weighted by atomic mass is 16.5. The van der Waals surface area contributed by atoms with Crippen LogP contribution in [-0.2, 0) is 4.79 Å². The zero-order valence-corrected chi connectivity index (χ0v) is 13.9. The molecule has 1 aromatic carbocycles. The Morgan fingerprint density at radius 2 is 1.76 bits per heavy atom. The molecule has 132 valence electrons. The Bertz CT molecular complexity index is 708. The molecule has 1 aromatic heterocycles. The molecule has 2 amide bonds. The van der Waals surface area contributed by atoms with E-state index in [1.807, 2.05) is 0 Å². The topological polar surface area (TPSA) is 97.6 Å². The molecule has 0 aliphatic heterocycles. The molecule has 2 N–H and O–H groups in total.